The van der Waals surface area contributed by atoms with Gasteiger partial charge in [0.25, 0.3) is 0 Å². The van der Waals surface area contributed by atoms with E-state index in [0.29, 0.717) is 17.9 Å². The van der Waals surface area contributed by atoms with Crippen molar-refractivity contribution in [1.29, 1.82) is 0 Å². The Morgan fingerprint density at radius 1 is 1.00 bits per heavy atom. The van der Waals surface area contributed by atoms with Crippen molar-refractivity contribution in [3.05, 3.63) is 41.8 Å². The quantitative estimate of drug-likeness (QED) is 0.514. The van der Waals surface area contributed by atoms with Crippen LogP contribution in [0.1, 0.15) is 69.8 Å². The van der Waals surface area contributed by atoms with E-state index in [-0.39, 0.29) is 0 Å². The van der Waals surface area contributed by atoms with Crippen molar-refractivity contribution in [2.24, 2.45) is 5.92 Å². The average molecular weight is 311 g/mol. The van der Waals surface area contributed by atoms with E-state index in [4.69, 9.17) is 0 Å². The summed E-state index contributed by atoms with van der Waals surface area (Å²) < 4.78 is 40.9. The van der Waals surface area contributed by atoms with E-state index >= 15 is 0 Å². The van der Waals surface area contributed by atoms with Crippen molar-refractivity contribution in [2.45, 2.75) is 70.4 Å². The third kappa shape index (κ3) is 5.03. The Balaban J connectivity index is 1.90. The second-order valence-electron chi connectivity index (χ2n) is 6.53. The molecule has 0 aromatic heterocycles. The zero-order valence-electron chi connectivity index (χ0n) is 13.3. The van der Waals surface area contributed by atoms with Gasteiger partial charge in [-0.05, 0) is 42.9 Å². The van der Waals surface area contributed by atoms with Gasteiger partial charge >= 0.3 is 0 Å². The lowest BCUT2D eigenvalue weighted by atomic mass is 9.75. The highest BCUT2D eigenvalue weighted by Crippen LogP contribution is 2.40. The van der Waals surface area contributed by atoms with Gasteiger partial charge in [0.15, 0.2) is 0 Å². The molecule has 1 fully saturated rings. The van der Waals surface area contributed by atoms with E-state index in [1.165, 1.54) is 44.2 Å². The summed E-state index contributed by atoms with van der Waals surface area (Å²) >= 11 is 0. The molecule has 0 spiro atoms. The van der Waals surface area contributed by atoms with E-state index < -0.39 is 23.7 Å². The molecule has 1 aromatic rings. The van der Waals surface area contributed by atoms with Crippen LogP contribution in [0.25, 0.3) is 0 Å². The van der Waals surface area contributed by atoms with Gasteiger partial charge < -0.3 is 0 Å². The van der Waals surface area contributed by atoms with Crippen LogP contribution in [0.15, 0.2) is 18.2 Å². The number of hydrogen-bond acceptors (Lipinski definition) is 0. The molecule has 2 rings (SSSR count). The first-order chi connectivity index (χ1) is 10.6. The molecule has 0 bridgehead atoms. The Labute approximate surface area is 132 Å². The van der Waals surface area contributed by atoms with Gasteiger partial charge in [0.1, 0.15) is 17.8 Å². The van der Waals surface area contributed by atoms with E-state index in [0.717, 1.165) is 18.9 Å². The van der Waals surface area contributed by atoms with Crippen LogP contribution in [0, 0.1) is 24.0 Å². The molecule has 123 valence electrons. The molecule has 0 aliphatic heterocycles. The molecule has 0 N–H and O–H groups in total. The molecule has 22 heavy (non-hydrogen) atoms. The van der Waals surface area contributed by atoms with Crippen LogP contribution in [0.3, 0.4) is 0 Å². The monoisotopic (exact) mass is 311 g/mol. The van der Waals surface area contributed by atoms with Crippen LogP contribution >= 0.6 is 0 Å². The molecule has 1 aromatic carbocycles. The first-order valence-corrected chi connectivity index (χ1v) is 8.53. The maximum absolute atomic E-state index is 14.2. The van der Waals surface area contributed by atoms with Crippen molar-refractivity contribution in [3.63, 3.8) is 0 Å². The van der Waals surface area contributed by atoms with Crippen LogP contribution in [-0.2, 0) is 0 Å². The van der Waals surface area contributed by atoms with Gasteiger partial charge in [-0.2, -0.15) is 0 Å². The largest absolute Gasteiger partial charge is 0.247 e. The number of benzene rings is 1. The Morgan fingerprint density at radius 3 is 2.36 bits per heavy atom. The zero-order valence-corrected chi connectivity index (χ0v) is 13.3. The minimum absolute atomic E-state index is 0.403. The first kappa shape index (κ1) is 17.4. The molecular weight excluding hydrogens is 285 g/mol. The van der Waals surface area contributed by atoms with Crippen LogP contribution in [0.5, 0.6) is 0 Å². The molecule has 3 atom stereocenters. The number of hydrogen-bond donors (Lipinski definition) is 0. The minimum atomic E-state index is -1.10. The fourth-order valence-corrected chi connectivity index (χ4v) is 3.45. The average Bonchev–Trinajstić information content (AvgIpc) is 2.47. The molecule has 0 amide bonds. The topological polar surface area (TPSA) is 0 Å². The van der Waals surface area contributed by atoms with Crippen molar-refractivity contribution in [1.82, 2.24) is 0 Å². The summed E-state index contributed by atoms with van der Waals surface area (Å²) in [7, 11) is 0. The van der Waals surface area contributed by atoms with Crippen molar-refractivity contribution in [3.8, 4) is 0 Å². The summed E-state index contributed by atoms with van der Waals surface area (Å²) in [6.07, 6.45) is 9.30. The van der Waals surface area contributed by atoms with Crippen LogP contribution < -0.4 is 0 Å². The van der Waals surface area contributed by atoms with Crippen LogP contribution in [-0.4, -0.2) is 6.17 Å². The fraction of sp³-hybridized carbons (Fsp3) is 0.632. The number of alkyl halides is 1. The van der Waals surface area contributed by atoms with Gasteiger partial charge in [-0.1, -0.05) is 45.4 Å². The summed E-state index contributed by atoms with van der Waals surface area (Å²) in [6.45, 7) is 2.19. The highest BCUT2D eigenvalue weighted by molar-refractivity contribution is 5.25. The predicted molar refractivity (Wildman–Crippen MR) is 84.4 cm³/mol. The first-order valence-electron chi connectivity index (χ1n) is 8.53. The highest BCUT2D eigenvalue weighted by Gasteiger charge is 2.32. The van der Waals surface area contributed by atoms with Gasteiger partial charge in [-0.15, -0.1) is 0 Å². The van der Waals surface area contributed by atoms with Gasteiger partial charge in [-0.25, -0.2) is 13.2 Å². The molecule has 1 saturated carbocycles. The maximum Gasteiger partial charge on any atom is 0.126 e. The Hall–Kier alpha value is -0.990. The number of halogens is 3. The summed E-state index contributed by atoms with van der Waals surface area (Å²) in [4.78, 5) is 0. The van der Waals surface area contributed by atoms with Gasteiger partial charge in [0.2, 0.25) is 0 Å². The number of unbranched alkanes of at least 4 members (excludes halogenated alkanes) is 4. The van der Waals surface area contributed by atoms with E-state index in [1.54, 1.807) is 6.42 Å². The predicted octanol–water partition coefficient (Wildman–Crippen LogP) is 6.36. The fourth-order valence-electron chi connectivity index (χ4n) is 3.45. The Kier molecular flexibility index (Phi) is 6.78. The van der Waals surface area contributed by atoms with E-state index in [2.05, 4.69) is 6.92 Å². The lowest BCUT2D eigenvalue weighted by Gasteiger charge is -2.32. The zero-order chi connectivity index (χ0) is 15.9. The molecule has 0 nitrogen and oxygen atoms in total. The second-order valence-corrected chi connectivity index (χ2v) is 6.53. The third-order valence-corrected chi connectivity index (χ3v) is 4.70. The molecule has 3 unspecified atom stereocenters. The molecule has 1 aliphatic carbocycles. The van der Waals surface area contributed by atoms with E-state index in [1.807, 2.05) is 0 Å². The Bertz CT molecular complexity index is 438. The van der Waals surface area contributed by atoms with E-state index in [9.17, 15) is 13.2 Å². The second kappa shape index (κ2) is 8.59. The Morgan fingerprint density at radius 2 is 1.68 bits per heavy atom. The van der Waals surface area contributed by atoms with Crippen LogP contribution in [0.2, 0.25) is 0 Å². The van der Waals surface area contributed by atoms with Gasteiger partial charge in [0.05, 0.1) is 0 Å². The summed E-state index contributed by atoms with van der Waals surface area (Å²) in [5.74, 6) is -1.21. The normalized spacial score (nSPS) is 25.4. The molecule has 1 aliphatic rings. The highest BCUT2D eigenvalue weighted by atomic mass is 19.1. The summed E-state index contributed by atoms with van der Waals surface area (Å²) in [5.41, 5.74) is 0.455. The SMILES string of the molecule is CCCCCCCC1C[CH]C(F)C(c2cc(F)cc(F)c2)C1. The minimum Gasteiger partial charge on any atom is -0.247 e. The summed E-state index contributed by atoms with van der Waals surface area (Å²) in [6, 6.07) is 3.39. The maximum atomic E-state index is 14.2. The lowest BCUT2D eigenvalue weighted by molar-refractivity contribution is 0.220. The standard InChI is InChI=1S/C19H26F3/c1-2-3-4-5-6-7-14-8-9-19(22)18(10-14)15-11-16(20)13-17(21)12-15/h9,11-14,18-19H,2-8,10H2,1H3. The van der Waals surface area contributed by atoms with Crippen LogP contribution in [0.4, 0.5) is 13.2 Å². The smallest absolute Gasteiger partial charge is 0.126 e. The van der Waals surface area contributed by atoms with Crippen molar-refractivity contribution >= 4 is 0 Å². The molecule has 0 saturated heterocycles. The number of rotatable bonds is 7. The summed E-state index contributed by atoms with van der Waals surface area (Å²) in [5, 5.41) is 0. The third-order valence-electron chi connectivity index (χ3n) is 4.70. The molecule has 1 radical (unpaired) electrons. The molecule has 0 heterocycles. The molecule has 3 heteroatoms. The van der Waals surface area contributed by atoms with Gasteiger partial charge in [-0.3, -0.25) is 0 Å². The lowest BCUT2D eigenvalue weighted by Crippen LogP contribution is -2.25. The van der Waals surface area contributed by atoms with Gasteiger partial charge in [0, 0.05) is 12.0 Å². The van der Waals surface area contributed by atoms with Crippen molar-refractivity contribution < 1.29 is 13.2 Å². The molecular formula is C19H26F3. The van der Waals surface area contributed by atoms with Crippen molar-refractivity contribution in [2.75, 3.05) is 0 Å².